The van der Waals surface area contributed by atoms with Gasteiger partial charge in [0, 0.05) is 10.9 Å². The molecule has 5 heteroatoms. The number of benzene rings is 1. The lowest BCUT2D eigenvalue weighted by atomic mass is 10.2. The second-order valence-corrected chi connectivity index (χ2v) is 5.31. The predicted molar refractivity (Wildman–Crippen MR) is 81.2 cm³/mol. The van der Waals surface area contributed by atoms with Crippen LogP contribution in [0.3, 0.4) is 0 Å². The lowest BCUT2D eigenvalue weighted by molar-refractivity contribution is 0.103. The van der Waals surface area contributed by atoms with E-state index in [4.69, 9.17) is 9.47 Å². The molecule has 0 fully saturated rings. The van der Waals surface area contributed by atoms with Crippen molar-refractivity contribution in [1.29, 1.82) is 0 Å². The molecule has 0 saturated carbocycles. The lowest BCUT2D eigenvalue weighted by Crippen LogP contribution is -2.11. The Balaban J connectivity index is 2.21. The van der Waals surface area contributed by atoms with Gasteiger partial charge in [0.25, 0.3) is 5.91 Å². The van der Waals surface area contributed by atoms with Crippen LogP contribution < -0.4 is 14.8 Å². The second kappa shape index (κ2) is 6.43. The maximum Gasteiger partial charge on any atom is 0.265 e. The molecule has 1 amide bonds. The van der Waals surface area contributed by atoms with Gasteiger partial charge < -0.3 is 14.8 Å². The molecule has 0 atom stereocenters. The van der Waals surface area contributed by atoms with E-state index in [2.05, 4.69) is 12.2 Å². The standard InChI is InChI=1S/C15H17NO3S/c1-4-11-6-8-14(20-11)15(17)16-12-9-10(18-2)5-7-13(12)19-3/h5-9H,4H2,1-3H3,(H,16,17). The van der Waals surface area contributed by atoms with E-state index in [1.807, 2.05) is 12.1 Å². The molecule has 2 aromatic rings. The minimum absolute atomic E-state index is 0.138. The molecule has 1 aromatic heterocycles. The van der Waals surface area contributed by atoms with Crippen LogP contribution in [0.15, 0.2) is 30.3 Å². The summed E-state index contributed by atoms with van der Waals surface area (Å²) in [7, 11) is 3.15. The fraction of sp³-hybridized carbons (Fsp3) is 0.267. The molecule has 1 aromatic carbocycles. The van der Waals surface area contributed by atoms with Crippen LogP contribution in [0.1, 0.15) is 21.5 Å². The Morgan fingerprint density at radius 2 is 2.00 bits per heavy atom. The largest absolute Gasteiger partial charge is 0.497 e. The minimum Gasteiger partial charge on any atom is -0.497 e. The van der Waals surface area contributed by atoms with E-state index >= 15 is 0 Å². The first kappa shape index (κ1) is 14.4. The quantitative estimate of drug-likeness (QED) is 0.916. The van der Waals surface area contributed by atoms with Crippen LogP contribution in [-0.2, 0) is 6.42 Å². The zero-order valence-corrected chi connectivity index (χ0v) is 12.5. The summed E-state index contributed by atoms with van der Waals surface area (Å²) in [4.78, 5) is 14.1. The van der Waals surface area contributed by atoms with Gasteiger partial charge in [0.1, 0.15) is 11.5 Å². The molecule has 106 valence electrons. The Kier molecular flexibility index (Phi) is 4.63. The minimum atomic E-state index is -0.138. The Morgan fingerprint density at radius 1 is 1.20 bits per heavy atom. The third kappa shape index (κ3) is 3.11. The van der Waals surface area contributed by atoms with Crippen molar-refractivity contribution in [2.45, 2.75) is 13.3 Å². The number of carbonyl (C=O) groups is 1. The molecule has 1 heterocycles. The summed E-state index contributed by atoms with van der Waals surface area (Å²) in [5.41, 5.74) is 0.600. The number of hydrogen-bond acceptors (Lipinski definition) is 4. The highest BCUT2D eigenvalue weighted by Gasteiger charge is 2.12. The predicted octanol–water partition coefficient (Wildman–Crippen LogP) is 3.58. The highest BCUT2D eigenvalue weighted by atomic mass is 32.1. The normalized spacial score (nSPS) is 10.2. The Labute approximate surface area is 122 Å². The molecule has 0 aliphatic rings. The zero-order chi connectivity index (χ0) is 14.5. The first-order chi connectivity index (χ1) is 9.67. The van der Waals surface area contributed by atoms with Crippen LogP contribution in [0.4, 0.5) is 5.69 Å². The lowest BCUT2D eigenvalue weighted by Gasteiger charge is -2.11. The summed E-state index contributed by atoms with van der Waals surface area (Å²) < 4.78 is 10.4. The van der Waals surface area contributed by atoms with Gasteiger partial charge in [-0.25, -0.2) is 0 Å². The van der Waals surface area contributed by atoms with Gasteiger partial charge in [-0.1, -0.05) is 6.92 Å². The van der Waals surface area contributed by atoms with Crippen molar-refractivity contribution < 1.29 is 14.3 Å². The fourth-order valence-corrected chi connectivity index (χ4v) is 2.63. The molecule has 0 aliphatic carbocycles. The van der Waals surface area contributed by atoms with Gasteiger partial charge in [0.05, 0.1) is 24.8 Å². The Hall–Kier alpha value is -2.01. The van der Waals surface area contributed by atoms with Crippen LogP contribution in [-0.4, -0.2) is 20.1 Å². The van der Waals surface area contributed by atoms with Crippen molar-refractivity contribution in [1.82, 2.24) is 0 Å². The molecule has 2 rings (SSSR count). The summed E-state index contributed by atoms with van der Waals surface area (Å²) in [5.74, 6) is 1.13. The van der Waals surface area contributed by atoms with Crippen LogP contribution in [0.2, 0.25) is 0 Å². The number of rotatable bonds is 5. The molecule has 4 nitrogen and oxygen atoms in total. The van der Waals surface area contributed by atoms with Gasteiger partial charge in [-0.2, -0.15) is 0 Å². The summed E-state index contributed by atoms with van der Waals surface area (Å²) in [5, 5.41) is 2.86. The van der Waals surface area contributed by atoms with Gasteiger partial charge in [0.15, 0.2) is 0 Å². The van der Waals surface area contributed by atoms with Gasteiger partial charge in [-0.15, -0.1) is 11.3 Å². The number of anilines is 1. The van der Waals surface area contributed by atoms with E-state index in [9.17, 15) is 4.79 Å². The highest BCUT2D eigenvalue weighted by Crippen LogP contribution is 2.29. The van der Waals surface area contributed by atoms with Crippen molar-refractivity contribution in [3.05, 3.63) is 40.1 Å². The van der Waals surface area contributed by atoms with Crippen molar-refractivity contribution in [3.8, 4) is 11.5 Å². The number of ether oxygens (including phenoxy) is 2. The molecule has 0 saturated heterocycles. The van der Waals surface area contributed by atoms with Crippen LogP contribution in [0.5, 0.6) is 11.5 Å². The van der Waals surface area contributed by atoms with E-state index in [0.29, 0.717) is 22.1 Å². The number of aryl methyl sites for hydroxylation is 1. The summed E-state index contributed by atoms with van der Waals surface area (Å²) in [6.07, 6.45) is 0.931. The smallest absolute Gasteiger partial charge is 0.265 e. The highest BCUT2D eigenvalue weighted by molar-refractivity contribution is 7.14. The Morgan fingerprint density at radius 3 is 2.60 bits per heavy atom. The van der Waals surface area contributed by atoms with Crippen LogP contribution >= 0.6 is 11.3 Å². The zero-order valence-electron chi connectivity index (χ0n) is 11.7. The monoisotopic (exact) mass is 291 g/mol. The average molecular weight is 291 g/mol. The fourth-order valence-electron chi connectivity index (χ4n) is 1.79. The molecule has 0 unspecified atom stereocenters. The Bertz CT molecular complexity index is 607. The number of hydrogen-bond donors (Lipinski definition) is 1. The first-order valence-electron chi connectivity index (χ1n) is 6.30. The molecule has 20 heavy (non-hydrogen) atoms. The molecular formula is C15H17NO3S. The molecule has 1 N–H and O–H groups in total. The van der Waals surface area contributed by atoms with Crippen LogP contribution in [0.25, 0.3) is 0 Å². The van der Waals surface area contributed by atoms with E-state index in [1.54, 1.807) is 32.4 Å². The number of methoxy groups -OCH3 is 2. The molecule has 0 spiro atoms. The van der Waals surface area contributed by atoms with Crippen molar-refractivity contribution in [2.75, 3.05) is 19.5 Å². The van der Waals surface area contributed by atoms with E-state index in [-0.39, 0.29) is 5.91 Å². The topological polar surface area (TPSA) is 47.6 Å². The third-order valence-corrected chi connectivity index (χ3v) is 4.12. The van der Waals surface area contributed by atoms with Gasteiger partial charge in [0.2, 0.25) is 0 Å². The SMILES string of the molecule is CCc1ccc(C(=O)Nc2cc(OC)ccc2OC)s1. The molecule has 0 bridgehead atoms. The number of carbonyl (C=O) groups excluding carboxylic acids is 1. The number of nitrogens with one attached hydrogen (secondary N) is 1. The average Bonchev–Trinajstić information content (AvgIpc) is 2.96. The van der Waals surface area contributed by atoms with Crippen LogP contribution in [0, 0.1) is 0 Å². The maximum atomic E-state index is 12.2. The summed E-state index contributed by atoms with van der Waals surface area (Å²) in [6.45, 7) is 2.07. The number of amides is 1. The van der Waals surface area contributed by atoms with E-state index < -0.39 is 0 Å². The van der Waals surface area contributed by atoms with Gasteiger partial charge in [-0.3, -0.25) is 4.79 Å². The molecule has 0 aliphatic heterocycles. The van der Waals surface area contributed by atoms with Crippen molar-refractivity contribution >= 4 is 22.9 Å². The van der Waals surface area contributed by atoms with E-state index in [0.717, 1.165) is 6.42 Å². The van der Waals surface area contributed by atoms with Crippen molar-refractivity contribution in [2.24, 2.45) is 0 Å². The maximum absolute atomic E-state index is 12.2. The van der Waals surface area contributed by atoms with Crippen molar-refractivity contribution in [3.63, 3.8) is 0 Å². The van der Waals surface area contributed by atoms with E-state index in [1.165, 1.54) is 16.2 Å². The number of thiophene rings is 1. The summed E-state index contributed by atoms with van der Waals surface area (Å²) >= 11 is 1.50. The first-order valence-corrected chi connectivity index (χ1v) is 7.11. The van der Waals surface area contributed by atoms with Gasteiger partial charge in [-0.05, 0) is 30.7 Å². The molecular weight excluding hydrogens is 274 g/mol. The third-order valence-electron chi connectivity index (χ3n) is 2.89. The van der Waals surface area contributed by atoms with Gasteiger partial charge >= 0.3 is 0 Å². The summed E-state index contributed by atoms with van der Waals surface area (Å²) in [6, 6.07) is 9.11. The second-order valence-electron chi connectivity index (χ2n) is 4.14. The molecule has 0 radical (unpaired) electrons.